The largest absolute Gasteiger partial charge is 0.493 e. The molecule has 1 aromatic rings. The fourth-order valence-electron chi connectivity index (χ4n) is 5.35. The molecule has 3 atom stereocenters. The zero-order chi connectivity index (χ0) is 28.5. The van der Waals surface area contributed by atoms with Crippen LogP contribution >= 0.6 is 22.6 Å². The second-order valence-corrected chi connectivity index (χ2v) is 12.1. The third kappa shape index (κ3) is 8.55. The van der Waals surface area contributed by atoms with E-state index in [9.17, 15) is 24.9 Å². The molecule has 0 saturated heterocycles. The molecule has 3 rings (SSSR count). The molecule has 2 aliphatic rings. The van der Waals surface area contributed by atoms with Crippen LogP contribution in [0, 0.1) is 15.4 Å². The Hall–Kier alpha value is -1.89. The molecule has 0 radical (unpaired) electrons. The van der Waals surface area contributed by atoms with Crippen LogP contribution in [0.2, 0.25) is 0 Å². The van der Waals surface area contributed by atoms with Gasteiger partial charge in [-0.1, -0.05) is 26.7 Å². The lowest BCUT2D eigenvalue weighted by Gasteiger charge is -2.41. The van der Waals surface area contributed by atoms with Crippen molar-refractivity contribution in [3.63, 3.8) is 0 Å². The number of amides is 2. The fourth-order valence-corrected chi connectivity index (χ4v) is 6.14. The Balaban J connectivity index is 1.96. The standard InChI is InChI=1S/C29H43IN2O7/c1-18(2)8-10-32(26(35)14-19-6-4-5-7-19)23-15-21(29(37)31-9-11-33)16-24(27(23)36)39-28-22(30)12-20(17-34)13-25(28)38-3/h12-13,16,18-19,23-24,27,33-34,36H,4-11,14-15,17H2,1-3H3,(H,31,37). The summed E-state index contributed by atoms with van der Waals surface area (Å²) in [6, 6.07) is 2.79. The predicted octanol–water partition coefficient (Wildman–Crippen LogP) is 3.16. The van der Waals surface area contributed by atoms with Gasteiger partial charge >= 0.3 is 0 Å². The topological polar surface area (TPSA) is 129 Å². The van der Waals surface area contributed by atoms with Gasteiger partial charge in [0, 0.05) is 31.5 Å². The minimum absolute atomic E-state index is 0.00169. The molecule has 218 valence electrons. The summed E-state index contributed by atoms with van der Waals surface area (Å²) in [7, 11) is 1.50. The molecule has 4 N–H and O–H groups in total. The first kappa shape index (κ1) is 31.6. The average molecular weight is 659 g/mol. The Kier molecular flexibility index (Phi) is 12.3. The maximum Gasteiger partial charge on any atom is 0.247 e. The van der Waals surface area contributed by atoms with E-state index in [1.54, 1.807) is 23.1 Å². The van der Waals surface area contributed by atoms with Crippen LogP contribution in [-0.4, -0.2) is 77.1 Å². The molecule has 2 aliphatic carbocycles. The first-order chi connectivity index (χ1) is 18.7. The lowest BCUT2D eigenvalue weighted by molar-refractivity contribution is -0.139. The number of carbonyl (C=O) groups excluding carboxylic acids is 2. The van der Waals surface area contributed by atoms with Crippen LogP contribution in [-0.2, 0) is 16.2 Å². The summed E-state index contributed by atoms with van der Waals surface area (Å²) in [6.45, 7) is 4.42. The maximum atomic E-state index is 13.7. The summed E-state index contributed by atoms with van der Waals surface area (Å²) in [5.74, 6) is 1.14. The van der Waals surface area contributed by atoms with Crippen LogP contribution in [0.5, 0.6) is 11.5 Å². The summed E-state index contributed by atoms with van der Waals surface area (Å²) in [5.41, 5.74) is 1.05. The highest BCUT2D eigenvalue weighted by atomic mass is 127. The highest BCUT2D eigenvalue weighted by Crippen LogP contribution is 2.37. The molecule has 9 nitrogen and oxygen atoms in total. The Labute approximate surface area is 245 Å². The summed E-state index contributed by atoms with van der Waals surface area (Å²) < 4.78 is 12.5. The third-order valence-corrected chi connectivity index (χ3v) is 8.35. The number of halogens is 1. The molecule has 39 heavy (non-hydrogen) atoms. The monoisotopic (exact) mass is 658 g/mol. The Morgan fingerprint density at radius 2 is 1.92 bits per heavy atom. The van der Waals surface area contributed by atoms with Gasteiger partial charge in [-0.2, -0.15) is 0 Å². The van der Waals surface area contributed by atoms with Crippen molar-refractivity contribution in [1.29, 1.82) is 0 Å². The van der Waals surface area contributed by atoms with E-state index in [1.165, 1.54) is 7.11 Å². The Bertz CT molecular complexity index is 1010. The molecule has 0 aliphatic heterocycles. The van der Waals surface area contributed by atoms with Gasteiger partial charge in [-0.05, 0) is 77.5 Å². The third-order valence-electron chi connectivity index (χ3n) is 7.55. The summed E-state index contributed by atoms with van der Waals surface area (Å²) in [4.78, 5) is 28.5. The molecule has 1 saturated carbocycles. The normalized spacial score (nSPS) is 21.5. The first-order valence-corrected chi connectivity index (χ1v) is 15.0. The van der Waals surface area contributed by atoms with Gasteiger partial charge in [-0.3, -0.25) is 9.59 Å². The Morgan fingerprint density at radius 3 is 2.54 bits per heavy atom. The van der Waals surface area contributed by atoms with Crippen molar-refractivity contribution in [2.24, 2.45) is 11.8 Å². The van der Waals surface area contributed by atoms with Gasteiger partial charge in [0.15, 0.2) is 11.5 Å². The van der Waals surface area contributed by atoms with Gasteiger partial charge < -0.3 is 35.0 Å². The van der Waals surface area contributed by atoms with E-state index < -0.39 is 18.2 Å². The number of rotatable bonds is 13. The minimum atomic E-state index is -1.09. The van der Waals surface area contributed by atoms with Crippen LogP contribution in [0.4, 0.5) is 0 Å². The highest BCUT2D eigenvalue weighted by Gasteiger charge is 2.41. The van der Waals surface area contributed by atoms with Crippen LogP contribution in [0.3, 0.4) is 0 Å². The van der Waals surface area contributed by atoms with Crippen LogP contribution in [0.25, 0.3) is 0 Å². The van der Waals surface area contributed by atoms with Crippen molar-refractivity contribution in [1.82, 2.24) is 10.2 Å². The number of benzene rings is 1. The van der Waals surface area contributed by atoms with Crippen molar-refractivity contribution in [3.05, 3.63) is 32.9 Å². The van der Waals surface area contributed by atoms with Crippen molar-refractivity contribution in [3.8, 4) is 11.5 Å². The number of hydrogen-bond donors (Lipinski definition) is 4. The van der Waals surface area contributed by atoms with E-state index in [4.69, 9.17) is 9.47 Å². The summed E-state index contributed by atoms with van der Waals surface area (Å²) in [6.07, 6.45) is 5.35. The maximum absolute atomic E-state index is 13.7. The molecular weight excluding hydrogens is 615 g/mol. The van der Waals surface area contributed by atoms with Gasteiger partial charge in [0.1, 0.15) is 12.2 Å². The summed E-state index contributed by atoms with van der Waals surface area (Å²) in [5, 5.41) is 33.2. The van der Waals surface area contributed by atoms with E-state index in [2.05, 4.69) is 41.8 Å². The van der Waals surface area contributed by atoms with Crippen molar-refractivity contribution in [2.75, 3.05) is 26.8 Å². The van der Waals surface area contributed by atoms with E-state index in [1.807, 2.05) is 0 Å². The number of hydrogen-bond acceptors (Lipinski definition) is 7. The smallest absolute Gasteiger partial charge is 0.247 e. The Morgan fingerprint density at radius 1 is 1.21 bits per heavy atom. The van der Waals surface area contributed by atoms with Gasteiger partial charge in [-0.25, -0.2) is 0 Å². The molecule has 0 heterocycles. The van der Waals surface area contributed by atoms with Crippen molar-refractivity contribution < 1.29 is 34.4 Å². The van der Waals surface area contributed by atoms with Crippen molar-refractivity contribution >= 4 is 34.4 Å². The number of ether oxygens (including phenoxy) is 2. The SMILES string of the molecule is COc1cc(CO)cc(I)c1OC1C=C(C(=O)NCCO)CC(N(CCC(C)C)C(=O)CC2CCCC2)C1O. The molecule has 1 fully saturated rings. The second-order valence-electron chi connectivity index (χ2n) is 10.9. The second kappa shape index (κ2) is 15.2. The number of nitrogens with zero attached hydrogens (tertiary/aromatic N) is 1. The molecule has 0 aromatic heterocycles. The zero-order valence-electron chi connectivity index (χ0n) is 23.2. The molecule has 2 amide bonds. The quantitative estimate of drug-likeness (QED) is 0.240. The van der Waals surface area contributed by atoms with Crippen LogP contribution in [0.1, 0.15) is 64.4 Å². The molecule has 10 heteroatoms. The van der Waals surface area contributed by atoms with Gasteiger partial charge in [-0.15, -0.1) is 0 Å². The summed E-state index contributed by atoms with van der Waals surface area (Å²) >= 11 is 2.09. The number of nitrogens with one attached hydrogen (secondary N) is 1. The zero-order valence-corrected chi connectivity index (χ0v) is 25.4. The number of aliphatic hydroxyl groups excluding tert-OH is 3. The van der Waals surface area contributed by atoms with E-state index in [0.29, 0.717) is 51.0 Å². The van der Waals surface area contributed by atoms with E-state index in [-0.39, 0.29) is 38.0 Å². The molecular formula is C29H43IN2O7. The fraction of sp³-hybridized carbons (Fsp3) is 0.655. The first-order valence-electron chi connectivity index (χ1n) is 13.9. The van der Waals surface area contributed by atoms with Gasteiger partial charge in [0.05, 0.1) is 29.9 Å². The van der Waals surface area contributed by atoms with E-state index in [0.717, 1.165) is 32.1 Å². The van der Waals surface area contributed by atoms with Gasteiger partial charge in [0.25, 0.3) is 0 Å². The minimum Gasteiger partial charge on any atom is -0.493 e. The van der Waals surface area contributed by atoms with Crippen molar-refractivity contribution in [2.45, 2.75) is 83.6 Å². The number of methoxy groups -OCH3 is 1. The molecule has 3 unspecified atom stereocenters. The number of aliphatic hydroxyl groups is 3. The lowest BCUT2D eigenvalue weighted by atomic mass is 9.87. The highest BCUT2D eigenvalue weighted by molar-refractivity contribution is 14.1. The molecule has 0 bridgehead atoms. The molecule has 1 aromatic carbocycles. The number of carbonyl (C=O) groups is 2. The van der Waals surface area contributed by atoms with E-state index >= 15 is 0 Å². The predicted molar refractivity (Wildman–Crippen MR) is 156 cm³/mol. The molecule has 0 spiro atoms. The lowest BCUT2D eigenvalue weighted by Crippen LogP contribution is -2.55. The van der Waals surface area contributed by atoms with Crippen LogP contribution in [0.15, 0.2) is 23.8 Å². The average Bonchev–Trinajstić information content (AvgIpc) is 3.42. The van der Waals surface area contributed by atoms with Crippen LogP contribution < -0.4 is 14.8 Å². The van der Waals surface area contributed by atoms with Gasteiger partial charge in [0.2, 0.25) is 11.8 Å².